The molecule has 0 bridgehead atoms. The summed E-state index contributed by atoms with van der Waals surface area (Å²) in [5.41, 5.74) is 6.53. The average Bonchev–Trinajstić information content (AvgIpc) is 3.14. The number of sulfonamides is 1. The molecule has 1 atom stereocenters. The Balaban J connectivity index is 1.58. The van der Waals surface area contributed by atoms with Gasteiger partial charge in [0.1, 0.15) is 0 Å². The van der Waals surface area contributed by atoms with Crippen LogP contribution in [0.5, 0.6) is 0 Å². The molecule has 2 aromatic carbocycles. The van der Waals surface area contributed by atoms with Crippen LogP contribution in [-0.4, -0.2) is 27.1 Å². The number of hydrogen-bond donors (Lipinski definition) is 1. The summed E-state index contributed by atoms with van der Waals surface area (Å²) in [4.78, 5) is 12.5. The summed E-state index contributed by atoms with van der Waals surface area (Å²) < 4.78 is 26.1. The molecule has 5 nitrogen and oxygen atoms in total. The van der Waals surface area contributed by atoms with Gasteiger partial charge in [-0.2, -0.15) is 0 Å². The largest absolute Gasteiger partial charge is 0.350 e. The molecule has 1 aliphatic rings. The van der Waals surface area contributed by atoms with Gasteiger partial charge in [0, 0.05) is 13.0 Å². The highest BCUT2D eigenvalue weighted by Gasteiger charge is 2.20. The maximum absolute atomic E-state index is 12.5. The number of hydrogen-bond acceptors (Lipinski definition) is 3. The summed E-state index contributed by atoms with van der Waals surface area (Å²) in [7, 11) is -3.43. The van der Waals surface area contributed by atoms with Crippen LogP contribution in [0.4, 0.5) is 5.69 Å². The zero-order chi connectivity index (χ0) is 21.9. The van der Waals surface area contributed by atoms with Gasteiger partial charge in [0.25, 0.3) is 0 Å². The highest BCUT2D eigenvalue weighted by Crippen LogP contribution is 2.26. The molecule has 0 radical (unpaired) electrons. The van der Waals surface area contributed by atoms with Crippen LogP contribution in [0.15, 0.2) is 36.4 Å². The average molecular weight is 429 g/mol. The molecule has 1 N–H and O–H groups in total. The van der Waals surface area contributed by atoms with E-state index in [0.717, 1.165) is 29.5 Å². The molecule has 0 saturated heterocycles. The van der Waals surface area contributed by atoms with E-state index in [1.54, 1.807) is 0 Å². The summed E-state index contributed by atoms with van der Waals surface area (Å²) >= 11 is 0. The van der Waals surface area contributed by atoms with E-state index in [-0.39, 0.29) is 24.9 Å². The van der Waals surface area contributed by atoms with Gasteiger partial charge < -0.3 is 5.32 Å². The molecule has 0 aromatic heterocycles. The first-order valence-electron chi connectivity index (χ1n) is 10.6. The van der Waals surface area contributed by atoms with Crippen molar-refractivity contribution >= 4 is 21.6 Å². The van der Waals surface area contributed by atoms with Gasteiger partial charge in [-0.25, -0.2) is 8.42 Å². The van der Waals surface area contributed by atoms with Crippen molar-refractivity contribution in [1.82, 2.24) is 5.32 Å². The SMILES string of the molecule is Cc1ccc(C)c(N(CCCC(=O)NC(C)c2ccc3c(c2)CCC3)S(C)(=O)=O)c1. The maximum Gasteiger partial charge on any atom is 0.232 e. The van der Waals surface area contributed by atoms with Crippen LogP contribution in [0.2, 0.25) is 0 Å². The zero-order valence-corrected chi connectivity index (χ0v) is 19.2. The fourth-order valence-electron chi connectivity index (χ4n) is 4.09. The van der Waals surface area contributed by atoms with Gasteiger partial charge in [0.05, 0.1) is 18.0 Å². The van der Waals surface area contributed by atoms with Crippen molar-refractivity contribution in [2.75, 3.05) is 17.1 Å². The third-order valence-electron chi connectivity index (χ3n) is 5.80. The van der Waals surface area contributed by atoms with Crippen molar-refractivity contribution < 1.29 is 13.2 Å². The Morgan fingerprint density at radius 2 is 1.83 bits per heavy atom. The predicted molar refractivity (Wildman–Crippen MR) is 122 cm³/mol. The number of anilines is 1. The van der Waals surface area contributed by atoms with Gasteiger partial charge >= 0.3 is 0 Å². The second kappa shape index (κ2) is 9.21. The predicted octanol–water partition coefficient (Wildman–Crippen LogP) is 4.22. The number of nitrogens with one attached hydrogen (secondary N) is 1. The van der Waals surface area contributed by atoms with E-state index in [1.807, 2.05) is 39.0 Å². The summed E-state index contributed by atoms with van der Waals surface area (Å²) in [5.74, 6) is -0.0580. The van der Waals surface area contributed by atoms with Crippen molar-refractivity contribution in [2.24, 2.45) is 0 Å². The van der Waals surface area contributed by atoms with Gasteiger partial charge in [-0.1, -0.05) is 30.3 Å². The van der Waals surface area contributed by atoms with Gasteiger partial charge in [-0.15, -0.1) is 0 Å². The minimum atomic E-state index is -3.43. The van der Waals surface area contributed by atoms with Crippen molar-refractivity contribution in [3.05, 3.63) is 64.2 Å². The van der Waals surface area contributed by atoms with E-state index in [9.17, 15) is 13.2 Å². The standard InChI is InChI=1S/C24H32N2O3S/c1-17-10-11-18(2)23(15-17)26(30(4,28)29)14-6-9-24(27)25-19(3)21-13-12-20-7-5-8-22(20)16-21/h10-13,15-16,19H,5-9,14H2,1-4H3,(H,25,27). The number of carbonyl (C=O) groups is 1. The van der Waals surface area contributed by atoms with Crippen LogP contribution in [0, 0.1) is 13.8 Å². The number of fused-ring (bicyclic) bond motifs is 1. The Kier molecular flexibility index (Phi) is 6.86. The van der Waals surface area contributed by atoms with E-state index >= 15 is 0 Å². The Hall–Kier alpha value is -2.34. The van der Waals surface area contributed by atoms with E-state index in [0.29, 0.717) is 12.1 Å². The summed E-state index contributed by atoms with van der Waals surface area (Å²) in [5, 5.41) is 3.05. The normalized spacial score (nSPS) is 14.3. The Labute approximate surface area is 180 Å². The highest BCUT2D eigenvalue weighted by atomic mass is 32.2. The lowest BCUT2D eigenvalue weighted by atomic mass is 10.0. The molecule has 3 rings (SSSR count). The van der Waals surface area contributed by atoms with Crippen LogP contribution in [-0.2, 0) is 27.7 Å². The first kappa shape index (κ1) is 22.3. The quantitative estimate of drug-likeness (QED) is 0.685. The number of rotatable bonds is 8. The molecule has 0 saturated carbocycles. The molecule has 6 heteroatoms. The Morgan fingerprint density at radius 1 is 1.10 bits per heavy atom. The van der Waals surface area contributed by atoms with Gasteiger partial charge in [-0.3, -0.25) is 9.10 Å². The Bertz CT molecular complexity index is 1030. The number of amides is 1. The second-order valence-corrected chi connectivity index (χ2v) is 10.3. The number of nitrogens with zero attached hydrogens (tertiary/aromatic N) is 1. The summed E-state index contributed by atoms with van der Waals surface area (Å²) in [6, 6.07) is 12.2. The molecule has 0 heterocycles. The monoisotopic (exact) mass is 428 g/mol. The van der Waals surface area contributed by atoms with Crippen LogP contribution in [0.3, 0.4) is 0 Å². The summed E-state index contributed by atoms with van der Waals surface area (Å²) in [6.07, 6.45) is 5.42. The zero-order valence-electron chi connectivity index (χ0n) is 18.4. The molecule has 0 fully saturated rings. The van der Waals surface area contributed by atoms with Crippen molar-refractivity contribution in [2.45, 2.75) is 58.9 Å². The minimum absolute atomic E-state index is 0.0580. The van der Waals surface area contributed by atoms with Gasteiger partial charge in [0.2, 0.25) is 15.9 Å². The van der Waals surface area contributed by atoms with Gasteiger partial charge in [0.15, 0.2) is 0 Å². The molecule has 30 heavy (non-hydrogen) atoms. The second-order valence-electron chi connectivity index (χ2n) is 8.40. The first-order valence-corrected chi connectivity index (χ1v) is 12.5. The van der Waals surface area contributed by atoms with Crippen molar-refractivity contribution in [3.63, 3.8) is 0 Å². The lowest BCUT2D eigenvalue weighted by molar-refractivity contribution is -0.121. The molecule has 1 aliphatic carbocycles. The van der Waals surface area contributed by atoms with Crippen LogP contribution < -0.4 is 9.62 Å². The number of carbonyl (C=O) groups excluding carboxylic acids is 1. The van der Waals surface area contributed by atoms with E-state index in [2.05, 4.69) is 23.5 Å². The third kappa shape index (κ3) is 5.42. The molecule has 1 unspecified atom stereocenters. The molecule has 162 valence electrons. The van der Waals surface area contributed by atoms with E-state index in [4.69, 9.17) is 0 Å². The molecule has 2 aromatic rings. The van der Waals surface area contributed by atoms with Crippen LogP contribution in [0.25, 0.3) is 0 Å². The molecule has 0 spiro atoms. The lowest BCUT2D eigenvalue weighted by Gasteiger charge is -2.24. The van der Waals surface area contributed by atoms with E-state index in [1.165, 1.54) is 28.1 Å². The molecular formula is C24H32N2O3S. The van der Waals surface area contributed by atoms with Crippen LogP contribution >= 0.6 is 0 Å². The van der Waals surface area contributed by atoms with Crippen molar-refractivity contribution in [3.8, 4) is 0 Å². The van der Waals surface area contributed by atoms with Crippen molar-refractivity contribution in [1.29, 1.82) is 0 Å². The topological polar surface area (TPSA) is 66.5 Å². The number of benzene rings is 2. The van der Waals surface area contributed by atoms with E-state index < -0.39 is 10.0 Å². The smallest absolute Gasteiger partial charge is 0.232 e. The van der Waals surface area contributed by atoms with Crippen LogP contribution in [0.1, 0.15) is 60.0 Å². The maximum atomic E-state index is 12.5. The molecule has 0 aliphatic heterocycles. The molecular weight excluding hydrogens is 396 g/mol. The lowest BCUT2D eigenvalue weighted by Crippen LogP contribution is -2.33. The third-order valence-corrected chi connectivity index (χ3v) is 6.98. The number of aryl methyl sites for hydroxylation is 4. The fourth-order valence-corrected chi connectivity index (χ4v) is 5.11. The fraction of sp³-hybridized carbons (Fsp3) is 0.458. The molecule has 1 amide bonds. The Morgan fingerprint density at radius 3 is 2.57 bits per heavy atom. The first-order chi connectivity index (χ1) is 14.1. The van der Waals surface area contributed by atoms with Gasteiger partial charge in [-0.05, 0) is 80.3 Å². The minimum Gasteiger partial charge on any atom is -0.350 e. The highest BCUT2D eigenvalue weighted by molar-refractivity contribution is 7.92. The summed E-state index contributed by atoms with van der Waals surface area (Å²) in [6.45, 7) is 6.12.